The van der Waals surface area contributed by atoms with Crippen LogP contribution in [0.2, 0.25) is 0 Å². The molecule has 1 saturated heterocycles. The normalized spacial score (nSPS) is 20.5. The number of hydrogen-bond donors (Lipinski definition) is 0. The molecule has 6 heteroatoms. The maximum Gasteiger partial charge on any atom is 0.257 e. The Kier molecular flexibility index (Phi) is 3.17. The lowest BCUT2D eigenvalue weighted by Gasteiger charge is -2.18. The minimum absolute atomic E-state index is 0.312. The number of aromatic nitrogens is 2. The third-order valence-electron chi connectivity index (χ3n) is 2.72. The zero-order chi connectivity index (χ0) is 11.5. The van der Waals surface area contributed by atoms with Gasteiger partial charge in [0.15, 0.2) is 5.82 Å². The second-order valence-corrected chi connectivity index (χ2v) is 3.72. The fourth-order valence-corrected chi connectivity index (χ4v) is 1.86. The van der Waals surface area contributed by atoms with Gasteiger partial charge < -0.3 is 9.64 Å². The van der Waals surface area contributed by atoms with Crippen LogP contribution in [-0.2, 0) is 0 Å². The number of halogens is 2. The van der Waals surface area contributed by atoms with Crippen molar-refractivity contribution in [3.63, 3.8) is 0 Å². The van der Waals surface area contributed by atoms with Crippen LogP contribution >= 0.6 is 0 Å². The van der Waals surface area contributed by atoms with Gasteiger partial charge in [-0.25, -0.2) is 18.7 Å². The summed E-state index contributed by atoms with van der Waals surface area (Å²) in [6.07, 6.45) is 1.26. The molecule has 1 aliphatic heterocycles. The lowest BCUT2D eigenvalue weighted by atomic mass is 10.1. The molecule has 0 aromatic carbocycles. The Bertz CT molecular complexity index is 362. The maximum absolute atomic E-state index is 12.5. The highest BCUT2D eigenvalue weighted by Gasteiger charge is 2.31. The molecule has 1 atom stereocenters. The molecular formula is C10H13F2N3O. The van der Waals surface area contributed by atoms with E-state index in [1.54, 1.807) is 4.90 Å². The number of hydrogen-bond acceptors (Lipinski definition) is 4. The van der Waals surface area contributed by atoms with E-state index in [0.717, 1.165) is 0 Å². The first kappa shape index (κ1) is 11.0. The highest BCUT2D eigenvalue weighted by molar-refractivity contribution is 5.48. The summed E-state index contributed by atoms with van der Waals surface area (Å²) in [6.45, 7) is 0.886. The Morgan fingerprint density at radius 3 is 2.81 bits per heavy atom. The number of nitrogens with zero attached hydrogens (tertiary/aromatic N) is 3. The van der Waals surface area contributed by atoms with Gasteiger partial charge in [-0.15, -0.1) is 0 Å². The first-order chi connectivity index (χ1) is 7.72. The summed E-state index contributed by atoms with van der Waals surface area (Å²) < 4.78 is 30.1. The Morgan fingerprint density at radius 2 is 2.19 bits per heavy atom. The zero-order valence-corrected chi connectivity index (χ0v) is 8.94. The van der Waals surface area contributed by atoms with Crippen molar-refractivity contribution in [3.05, 3.63) is 12.4 Å². The molecule has 0 bridgehead atoms. The van der Waals surface area contributed by atoms with Crippen molar-refractivity contribution >= 4 is 5.82 Å². The molecule has 1 aromatic rings. The van der Waals surface area contributed by atoms with E-state index in [4.69, 9.17) is 4.74 Å². The average molecular weight is 229 g/mol. The van der Waals surface area contributed by atoms with Crippen molar-refractivity contribution in [2.45, 2.75) is 12.8 Å². The van der Waals surface area contributed by atoms with Crippen LogP contribution in [0, 0.1) is 5.92 Å². The molecule has 0 amide bonds. The number of alkyl halides is 2. The quantitative estimate of drug-likeness (QED) is 0.788. The Labute approximate surface area is 92.3 Å². The van der Waals surface area contributed by atoms with Crippen molar-refractivity contribution in [2.24, 2.45) is 5.92 Å². The lowest BCUT2D eigenvalue weighted by molar-refractivity contribution is 0.0879. The molecule has 1 aromatic heterocycles. The van der Waals surface area contributed by atoms with Gasteiger partial charge in [-0.2, -0.15) is 0 Å². The Hall–Kier alpha value is -1.46. The molecule has 2 rings (SSSR count). The first-order valence-corrected chi connectivity index (χ1v) is 5.10. The highest BCUT2D eigenvalue weighted by Crippen LogP contribution is 2.30. The summed E-state index contributed by atoms with van der Waals surface area (Å²) in [5, 5.41) is 0. The van der Waals surface area contributed by atoms with Crippen LogP contribution in [0.5, 0.6) is 5.88 Å². The molecular weight excluding hydrogens is 216 g/mol. The van der Waals surface area contributed by atoms with Gasteiger partial charge in [0.05, 0.1) is 7.11 Å². The third kappa shape index (κ3) is 2.05. The van der Waals surface area contributed by atoms with E-state index < -0.39 is 12.3 Å². The molecule has 88 valence electrons. The topological polar surface area (TPSA) is 38.3 Å². The summed E-state index contributed by atoms with van der Waals surface area (Å²) in [7, 11) is 1.49. The SMILES string of the molecule is COc1nccnc1N1CCC(C(F)F)C1. The van der Waals surface area contributed by atoms with Gasteiger partial charge in [0.25, 0.3) is 5.88 Å². The second-order valence-electron chi connectivity index (χ2n) is 3.72. The summed E-state index contributed by atoms with van der Waals surface area (Å²) in [5.74, 6) is 0.359. The van der Waals surface area contributed by atoms with Crippen LogP contribution < -0.4 is 9.64 Å². The highest BCUT2D eigenvalue weighted by atomic mass is 19.3. The van der Waals surface area contributed by atoms with Crippen molar-refractivity contribution in [3.8, 4) is 5.88 Å². The van der Waals surface area contributed by atoms with Gasteiger partial charge in [0.2, 0.25) is 6.43 Å². The van der Waals surface area contributed by atoms with Crippen LogP contribution in [0.3, 0.4) is 0 Å². The van der Waals surface area contributed by atoms with E-state index in [1.165, 1.54) is 19.5 Å². The fourth-order valence-electron chi connectivity index (χ4n) is 1.86. The molecule has 4 nitrogen and oxygen atoms in total. The number of methoxy groups -OCH3 is 1. The Morgan fingerprint density at radius 1 is 1.44 bits per heavy atom. The molecule has 0 aliphatic carbocycles. The molecule has 2 heterocycles. The molecule has 1 aliphatic rings. The van der Waals surface area contributed by atoms with Crippen molar-refractivity contribution in [1.29, 1.82) is 0 Å². The van der Waals surface area contributed by atoms with Gasteiger partial charge >= 0.3 is 0 Å². The molecule has 0 spiro atoms. The van der Waals surface area contributed by atoms with Gasteiger partial charge in [-0.3, -0.25) is 0 Å². The molecule has 0 saturated carbocycles. The zero-order valence-electron chi connectivity index (χ0n) is 8.94. The molecule has 1 fully saturated rings. The monoisotopic (exact) mass is 229 g/mol. The van der Waals surface area contributed by atoms with Crippen molar-refractivity contribution in [2.75, 3.05) is 25.1 Å². The third-order valence-corrected chi connectivity index (χ3v) is 2.72. The van der Waals surface area contributed by atoms with Gasteiger partial charge in [0, 0.05) is 31.4 Å². The average Bonchev–Trinajstić information content (AvgIpc) is 2.78. The lowest BCUT2D eigenvalue weighted by Crippen LogP contribution is -2.23. The van der Waals surface area contributed by atoms with Gasteiger partial charge in [-0.05, 0) is 6.42 Å². The van der Waals surface area contributed by atoms with E-state index in [-0.39, 0.29) is 0 Å². The summed E-state index contributed by atoms with van der Waals surface area (Å²) >= 11 is 0. The minimum atomic E-state index is -2.27. The summed E-state index contributed by atoms with van der Waals surface area (Å²) in [4.78, 5) is 9.91. The largest absolute Gasteiger partial charge is 0.478 e. The molecule has 1 unspecified atom stereocenters. The van der Waals surface area contributed by atoms with E-state index >= 15 is 0 Å². The predicted molar refractivity (Wildman–Crippen MR) is 54.9 cm³/mol. The predicted octanol–water partition coefficient (Wildman–Crippen LogP) is 1.58. The van der Waals surface area contributed by atoms with Crippen LogP contribution in [0.4, 0.5) is 14.6 Å². The van der Waals surface area contributed by atoms with Crippen molar-refractivity contribution in [1.82, 2.24) is 9.97 Å². The number of rotatable bonds is 3. The van der Waals surface area contributed by atoms with Gasteiger partial charge in [0.1, 0.15) is 0 Å². The first-order valence-electron chi connectivity index (χ1n) is 5.10. The van der Waals surface area contributed by atoms with Crippen LogP contribution in [0.15, 0.2) is 12.4 Å². The van der Waals surface area contributed by atoms with Crippen LogP contribution in [-0.4, -0.2) is 36.6 Å². The molecule has 16 heavy (non-hydrogen) atoms. The smallest absolute Gasteiger partial charge is 0.257 e. The summed E-state index contributed by atoms with van der Waals surface area (Å²) in [6, 6.07) is 0. The van der Waals surface area contributed by atoms with Crippen molar-refractivity contribution < 1.29 is 13.5 Å². The number of anilines is 1. The molecule has 0 radical (unpaired) electrons. The van der Waals surface area contributed by atoms with E-state index in [9.17, 15) is 8.78 Å². The van der Waals surface area contributed by atoms with E-state index in [0.29, 0.717) is 31.2 Å². The maximum atomic E-state index is 12.5. The van der Waals surface area contributed by atoms with Crippen LogP contribution in [0.25, 0.3) is 0 Å². The fraction of sp³-hybridized carbons (Fsp3) is 0.600. The second kappa shape index (κ2) is 4.59. The number of ether oxygens (including phenoxy) is 1. The van der Waals surface area contributed by atoms with Gasteiger partial charge in [-0.1, -0.05) is 0 Å². The minimum Gasteiger partial charge on any atom is -0.478 e. The standard InChI is InChI=1S/C10H13F2N3O/c1-16-10-9(13-3-4-14-10)15-5-2-7(6-15)8(11)12/h3-4,7-8H,2,5-6H2,1H3. The Balaban J connectivity index is 2.14. The van der Waals surface area contributed by atoms with Crippen LogP contribution in [0.1, 0.15) is 6.42 Å². The molecule has 0 N–H and O–H groups in total. The van der Waals surface area contributed by atoms with E-state index in [2.05, 4.69) is 9.97 Å². The van der Waals surface area contributed by atoms with E-state index in [1.807, 2.05) is 0 Å². The summed E-state index contributed by atoms with van der Waals surface area (Å²) in [5.41, 5.74) is 0.